The first-order valence-corrected chi connectivity index (χ1v) is 3.79. The number of amides is 2. The molecule has 0 spiro atoms. The molecule has 0 fully saturated rings. The lowest BCUT2D eigenvalue weighted by molar-refractivity contribution is -0.120. The highest BCUT2D eigenvalue weighted by Crippen LogP contribution is 1.78. The molecule has 0 heterocycles. The second-order valence-electron chi connectivity index (χ2n) is 2.12. The van der Waals surface area contributed by atoms with E-state index in [2.05, 4.69) is 15.4 Å². The number of carbonyl (C=O) groups excluding carboxylic acids is 2. The van der Waals surface area contributed by atoms with Crippen LogP contribution >= 0.6 is 0 Å². The third-order valence-corrected chi connectivity index (χ3v) is 1.18. The van der Waals surface area contributed by atoms with Crippen molar-refractivity contribution in [3.05, 3.63) is 0 Å². The number of rotatable bonds is 4. The van der Waals surface area contributed by atoms with Gasteiger partial charge in [0.15, 0.2) is 0 Å². The van der Waals surface area contributed by atoms with Gasteiger partial charge in [-0.25, -0.2) is 4.79 Å². The molecule has 5 nitrogen and oxygen atoms in total. The van der Waals surface area contributed by atoms with Crippen molar-refractivity contribution in [1.29, 1.82) is 0 Å². The maximum atomic E-state index is 10.8. The van der Waals surface area contributed by atoms with Crippen molar-refractivity contribution < 1.29 is 14.3 Å². The molecule has 0 bridgehead atoms. The van der Waals surface area contributed by atoms with Gasteiger partial charge in [0.25, 0.3) is 0 Å². The molecular formula is C7H14N2O3. The van der Waals surface area contributed by atoms with Crippen LogP contribution < -0.4 is 10.6 Å². The SMILES string of the molecule is CCNC(=O)CCNC(=O)OC. The minimum absolute atomic E-state index is 0.0751. The third kappa shape index (κ3) is 5.52. The molecule has 0 aliphatic rings. The minimum Gasteiger partial charge on any atom is -0.453 e. The van der Waals surface area contributed by atoms with Gasteiger partial charge in [-0.3, -0.25) is 4.79 Å². The van der Waals surface area contributed by atoms with Crippen molar-refractivity contribution in [3.63, 3.8) is 0 Å². The Hall–Kier alpha value is -1.26. The van der Waals surface area contributed by atoms with E-state index in [9.17, 15) is 9.59 Å². The normalized spacial score (nSPS) is 8.83. The van der Waals surface area contributed by atoms with Crippen LogP contribution in [0.5, 0.6) is 0 Å². The fraction of sp³-hybridized carbons (Fsp3) is 0.714. The second kappa shape index (κ2) is 6.45. The lowest BCUT2D eigenvalue weighted by Crippen LogP contribution is -2.30. The first kappa shape index (κ1) is 10.7. The average Bonchev–Trinajstić information content (AvgIpc) is 2.04. The highest BCUT2D eigenvalue weighted by atomic mass is 16.5. The van der Waals surface area contributed by atoms with Gasteiger partial charge < -0.3 is 15.4 Å². The molecule has 5 heteroatoms. The summed E-state index contributed by atoms with van der Waals surface area (Å²) in [4.78, 5) is 21.3. The lowest BCUT2D eigenvalue weighted by atomic mass is 10.4. The van der Waals surface area contributed by atoms with Gasteiger partial charge in [-0.1, -0.05) is 0 Å². The Morgan fingerprint density at radius 3 is 2.50 bits per heavy atom. The second-order valence-corrected chi connectivity index (χ2v) is 2.12. The average molecular weight is 174 g/mol. The summed E-state index contributed by atoms with van der Waals surface area (Å²) in [5.74, 6) is -0.0751. The van der Waals surface area contributed by atoms with Gasteiger partial charge in [0.2, 0.25) is 5.91 Å². The fourth-order valence-electron chi connectivity index (χ4n) is 0.636. The molecule has 0 atom stereocenters. The molecule has 2 amide bonds. The standard InChI is InChI=1S/C7H14N2O3/c1-3-8-6(10)4-5-9-7(11)12-2/h3-5H2,1-2H3,(H,8,10)(H,9,11). The van der Waals surface area contributed by atoms with Crippen molar-refractivity contribution >= 4 is 12.0 Å². The van der Waals surface area contributed by atoms with Gasteiger partial charge in [0.05, 0.1) is 7.11 Å². The van der Waals surface area contributed by atoms with E-state index in [0.717, 1.165) is 0 Å². The zero-order valence-corrected chi connectivity index (χ0v) is 7.35. The van der Waals surface area contributed by atoms with Crippen LogP contribution in [-0.2, 0) is 9.53 Å². The molecule has 0 aromatic rings. The molecule has 0 saturated heterocycles. The van der Waals surface area contributed by atoms with Crippen LogP contribution in [0.1, 0.15) is 13.3 Å². The van der Waals surface area contributed by atoms with Crippen molar-refractivity contribution in [3.8, 4) is 0 Å². The van der Waals surface area contributed by atoms with Crippen LogP contribution in [0.2, 0.25) is 0 Å². The minimum atomic E-state index is -0.515. The first-order valence-electron chi connectivity index (χ1n) is 3.79. The highest BCUT2D eigenvalue weighted by Gasteiger charge is 2.00. The van der Waals surface area contributed by atoms with Gasteiger partial charge in [-0.15, -0.1) is 0 Å². The van der Waals surface area contributed by atoms with Crippen molar-refractivity contribution in [2.75, 3.05) is 20.2 Å². The summed E-state index contributed by atoms with van der Waals surface area (Å²) in [7, 11) is 1.28. The number of nitrogens with one attached hydrogen (secondary N) is 2. The Morgan fingerprint density at radius 2 is 2.00 bits per heavy atom. The van der Waals surface area contributed by atoms with E-state index in [4.69, 9.17) is 0 Å². The van der Waals surface area contributed by atoms with Crippen LogP contribution in [0.4, 0.5) is 4.79 Å². The van der Waals surface area contributed by atoms with Gasteiger partial charge in [-0.2, -0.15) is 0 Å². The van der Waals surface area contributed by atoms with Gasteiger partial charge in [-0.05, 0) is 6.92 Å². The van der Waals surface area contributed by atoms with E-state index in [0.29, 0.717) is 13.1 Å². The summed E-state index contributed by atoms with van der Waals surface area (Å²) in [6.07, 6.45) is -0.234. The smallest absolute Gasteiger partial charge is 0.406 e. The Balaban J connectivity index is 3.30. The highest BCUT2D eigenvalue weighted by molar-refractivity contribution is 5.76. The molecule has 2 N–H and O–H groups in total. The van der Waals surface area contributed by atoms with E-state index in [1.165, 1.54) is 7.11 Å². The van der Waals surface area contributed by atoms with E-state index in [-0.39, 0.29) is 12.3 Å². The van der Waals surface area contributed by atoms with Crippen molar-refractivity contribution in [2.45, 2.75) is 13.3 Å². The Bertz CT molecular complexity index is 159. The molecule has 70 valence electrons. The zero-order valence-electron chi connectivity index (χ0n) is 7.35. The Labute approximate surface area is 71.5 Å². The number of hydrogen-bond acceptors (Lipinski definition) is 3. The van der Waals surface area contributed by atoms with Crippen LogP contribution in [-0.4, -0.2) is 32.2 Å². The lowest BCUT2D eigenvalue weighted by Gasteiger charge is -2.03. The van der Waals surface area contributed by atoms with Crippen LogP contribution in [0.25, 0.3) is 0 Å². The molecule has 0 radical (unpaired) electrons. The molecule has 0 aliphatic heterocycles. The van der Waals surface area contributed by atoms with Crippen molar-refractivity contribution in [2.24, 2.45) is 0 Å². The summed E-state index contributed by atoms with van der Waals surface area (Å²) in [5.41, 5.74) is 0. The summed E-state index contributed by atoms with van der Waals surface area (Å²) in [6, 6.07) is 0. The van der Waals surface area contributed by atoms with Gasteiger partial charge in [0, 0.05) is 19.5 Å². The van der Waals surface area contributed by atoms with E-state index >= 15 is 0 Å². The Kier molecular flexibility index (Phi) is 5.77. The molecule has 0 rings (SSSR count). The van der Waals surface area contributed by atoms with Crippen LogP contribution in [0.3, 0.4) is 0 Å². The van der Waals surface area contributed by atoms with Crippen LogP contribution in [0, 0.1) is 0 Å². The van der Waals surface area contributed by atoms with E-state index in [1.54, 1.807) is 0 Å². The zero-order chi connectivity index (χ0) is 9.40. The third-order valence-electron chi connectivity index (χ3n) is 1.18. The van der Waals surface area contributed by atoms with E-state index < -0.39 is 6.09 Å². The van der Waals surface area contributed by atoms with Gasteiger partial charge >= 0.3 is 6.09 Å². The molecule has 12 heavy (non-hydrogen) atoms. The molecule has 0 saturated carbocycles. The number of alkyl carbamates (subject to hydrolysis) is 1. The van der Waals surface area contributed by atoms with Crippen LogP contribution in [0.15, 0.2) is 0 Å². The maximum absolute atomic E-state index is 10.8. The fourth-order valence-corrected chi connectivity index (χ4v) is 0.636. The summed E-state index contributed by atoms with van der Waals surface area (Å²) < 4.78 is 4.31. The van der Waals surface area contributed by atoms with Gasteiger partial charge in [0.1, 0.15) is 0 Å². The Morgan fingerprint density at radius 1 is 1.33 bits per heavy atom. The molecule has 0 aromatic heterocycles. The predicted molar refractivity (Wildman–Crippen MR) is 43.7 cm³/mol. The maximum Gasteiger partial charge on any atom is 0.406 e. The monoisotopic (exact) mass is 174 g/mol. The molecule has 0 aliphatic carbocycles. The first-order chi connectivity index (χ1) is 5.70. The number of carbonyl (C=O) groups is 2. The number of hydrogen-bond donors (Lipinski definition) is 2. The molecule has 0 aromatic carbocycles. The topological polar surface area (TPSA) is 67.4 Å². The largest absolute Gasteiger partial charge is 0.453 e. The quantitative estimate of drug-likeness (QED) is 0.623. The molecular weight excluding hydrogens is 160 g/mol. The van der Waals surface area contributed by atoms with Crippen molar-refractivity contribution in [1.82, 2.24) is 10.6 Å². The summed E-state index contributed by atoms with van der Waals surface area (Å²) in [6.45, 7) is 2.75. The predicted octanol–water partition coefficient (Wildman–Crippen LogP) is -0.131. The summed E-state index contributed by atoms with van der Waals surface area (Å²) >= 11 is 0. The number of ether oxygens (including phenoxy) is 1. The summed E-state index contributed by atoms with van der Waals surface area (Å²) in [5, 5.41) is 5.01. The molecule has 0 unspecified atom stereocenters. The number of methoxy groups -OCH3 is 1. The van der Waals surface area contributed by atoms with E-state index in [1.807, 2.05) is 6.92 Å².